The molecular formula is C15H14F4N2. The van der Waals surface area contributed by atoms with Crippen LogP contribution in [-0.2, 0) is 12.7 Å². The Morgan fingerprint density at radius 3 is 2.33 bits per heavy atom. The lowest BCUT2D eigenvalue weighted by molar-refractivity contribution is -0.138. The highest BCUT2D eigenvalue weighted by Gasteiger charge is 2.33. The first kappa shape index (κ1) is 15.3. The molecule has 0 radical (unpaired) electrons. The Bertz CT molecular complexity index is 638. The van der Waals surface area contributed by atoms with Gasteiger partial charge in [0.1, 0.15) is 5.82 Å². The van der Waals surface area contributed by atoms with E-state index in [0.29, 0.717) is 5.69 Å². The summed E-state index contributed by atoms with van der Waals surface area (Å²) in [6.45, 7) is -0.242. The second-order valence-corrected chi connectivity index (χ2v) is 4.55. The Labute approximate surface area is 119 Å². The number of nitrogens with two attached hydrogens (primary N) is 1. The van der Waals surface area contributed by atoms with Gasteiger partial charge in [-0.05, 0) is 35.9 Å². The van der Waals surface area contributed by atoms with E-state index in [4.69, 9.17) is 5.73 Å². The van der Waals surface area contributed by atoms with E-state index in [1.165, 1.54) is 23.1 Å². The van der Waals surface area contributed by atoms with Gasteiger partial charge in [0.15, 0.2) is 0 Å². The summed E-state index contributed by atoms with van der Waals surface area (Å²) >= 11 is 0. The molecule has 0 atom stereocenters. The van der Waals surface area contributed by atoms with Crippen LogP contribution in [0.2, 0.25) is 0 Å². The lowest BCUT2D eigenvalue weighted by Crippen LogP contribution is -2.15. The van der Waals surface area contributed by atoms with Crippen LogP contribution in [0.4, 0.5) is 28.9 Å². The van der Waals surface area contributed by atoms with Crippen molar-refractivity contribution in [3.8, 4) is 0 Å². The quantitative estimate of drug-likeness (QED) is 0.865. The molecule has 0 saturated heterocycles. The molecule has 0 unspecified atom stereocenters. The van der Waals surface area contributed by atoms with Gasteiger partial charge in [0.25, 0.3) is 0 Å². The van der Waals surface area contributed by atoms with Crippen molar-refractivity contribution >= 4 is 11.4 Å². The fraction of sp³-hybridized carbons (Fsp3) is 0.200. The van der Waals surface area contributed by atoms with Crippen LogP contribution >= 0.6 is 0 Å². The minimum Gasteiger partial charge on any atom is -0.342 e. The number of para-hydroxylation sites is 1. The van der Waals surface area contributed by atoms with Crippen LogP contribution in [0.5, 0.6) is 0 Å². The van der Waals surface area contributed by atoms with Gasteiger partial charge in [0, 0.05) is 19.3 Å². The zero-order valence-corrected chi connectivity index (χ0v) is 11.3. The maximum Gasteiger partial charge on any atom is 0.416 e. The summed E-state index contributed by atoms with van der Waals surface area (Å²) in [5.74, 6) is -0.450. The van der Waals surface area contributed by atoms with Crippen LogP contribution in [0.15, 0.2) is 42.5 Å². The lowest BCUT2D eigenvalue weighted by atomic mass is 10.1. The predicted molar refractivity (Wildman–Crippen MR) is 73.8 cm³/mol. The van der Waals surface area contributed by atoms with Crippen molar-refractivity contribution in [1.29, 1.82) is 0 Å². The number of anilines is 2. The summed E-state index contributed by atoms with van der Waals surface area (Å²) in [5.41, 5.74) is 5.32. The van der Waals surface area contributed by atoms with E-state index in [2.05, 4.69) is 0 Å². The van der Waals surface area contributed by atoms with E-state index in [0.717, 1.165) is 6.07 Å². The van der Waals surface area contributed by atoms with Crippen LogP contribution in [0.25, 0.3) is 0 Å². The van der Waals surface area contributed by atoms with E-state index >= 15 is 0 Å². The number of rotatable bonds is 3. The third kappa shape index (κ3) is 3.16. The molecule has 0 aliphatic rings. The molecule has 2 aromatic carbocycles. The SMILES string of the molecule is CN(c1ccc(C(F)(F)F)c(CN)c1)c1ccccc1F. The van der Waals surface area contributed by atoms with Crippen molar-refractivity contribution in [3.05, 3.63) is 59.4 Å². The van der Waals surface area contributed by atoms with Crippen molar-refractivity contribution in [2.75, 3.05) is 11.9 Å². The first-order valence-electron chi connectivity index (χ1n) is 6.23. The molecule has 0 saturated carbocycles. The highest BCUT2D eigenvalue weighted by molar-refractivity contribution is 5.64. The number of alkyl halides is 3. The normalized spacial score (nSPS) is 11.5. The molecule has 0 aliphatic carbocycles. The van der Waals surface area contributed by atoms with Crippen molar-refractivity contribution < 1.29 is 17.6 Å². The summed E-state index contributed by atoms with van der Waals surface area (Å²) in [6.07, 6.45) is -4.45. The zero-order chi connectivity index (χ0) is 15.6. The summed E-state index contributed by atoms with van der Waals surface area (Å²) in [6, 6.07) is 9.64. The first-order valence-corrected chi connectivity index (χ1v) is 6.23. The number of benzene rings is 2. The van der Waals surface area contributed by atoms with Gasteiger partial charge in [-0.1, -0.05) is 12.1 Å². The maximum atomic E-state index is 13.7. The summed E-state index contributed by atoms with van der Waals surface area (Å²) < 4.78 is 52.2. The van der Waals surface area contributed by atoms with Crippen molar-refractivity contribution in [2.45, 2.75) is 12.7 Å². The maximum absolute atomic E-state index is 13.7. The van der Waals surface area contributed by atoms with Gasteiger partial charge in [0.2, 0.25) is 0 Å². The third-order valence-electron chi connectivity index (χ3n) is 3.22. The van der Waals surface area contributed by atoms with Gasteiger partial charge >= 0.3 is 6.18 Å². The molecule has 0 aromatic heterocycles. The van der Waals surface area contributed by atoms with E-state index < -0.39 is 17.6 Å². The molecule has 2 aromatic rings. The number of hydrogen-bond acceptors (Lipinski definition) is 2. The Kier molecular flexibility index (Phi) is 4.18. The molecule has 0 spiro atoms. The van der Waals surface area contributed by atoms with Gasteiger partial charge in [-0.2, -0.15) is 13.2 Å². The molecule has 2 N–H and O–H groups in total. The topological polar surface area (TPSA) is 29.3 Å². The first-order chi connectivity index (χ1) is 9.84. The van der Waals surface area contributed by atoms with Gasteiger partial charge in [-0.25, -0.2) is 4.39 Å². The second kappa shape index (κ2) is 5.73. The molecule has 0 bridgehead atoms. The fourth-order valence-electron chi connectivity index (χ4n) is 2.10. The van der Waals surface area contributed by atoms with Crippen molar-refractivity contribution in [2.24, 2.45) is 5.73 Å². The Balaban J connectivity index is 2.44. The van der Waals surface area contributed by atoms with E-state index in [1.807, 2.05) is 0 Å². The standard InChI is InChI=1S/C15H14F4N2/c1-21(14-5-3-2-4-13(14)16)11-6-7-12(15(17,18)19)10(8-11)9-20/h2-8H,9,20H2,1H3. The van der Waals surface area contributed by atoms with Gasteiger partial charge in [-0.15, -0.1) is 0 Å². The summed E-state index contributed by atoms with van der Waals surface area (Å²) in [7, 11) is 1.58. The number of hydrogen-bond donors (Lipinski definition) is 1. The van der Waals surface area contributed by atoms with Gasteiger partial charge in [-0.3, -0.25) is 0 Å². The van der Waals surface area contributed by atoms with Gasteiger partial charge < -0.3 is 10.6 Å². The average Bonchev–Trinajstić information content (AvgIpc) is 2.45. The molecule has 21 heavy (non-hydrogen) atoms. The molecule has 2 nitrogen and oxygen atoms in total. The Hall–Kier alpha value is -2.08. The van der Waals surface area contributed by atoms with Gasteiger partial charge in [0.05, 0.1) is 11.3 Å². The minimum absolute atomic E-state index is 0.0248. The third-order valence-corrected chi connectivity index (χ3v) is 3.22. The molecule has 0 aliphatic heterocycles. The van der Waals surface area contributed by atoms with Crippen molar-refractivity contribution in [3.63, 3.8) is 0 Å². The molecule has 112 valence electrons. The fourth-order valence-corrected chi connectivity index (χ4v) is 2.10. The van der Waals surface area contributed by atoms with E-state index in [1.54, 1.807) is 25.2 Å². The molecule has 2 rings (SSSR count). The summed E-state index contributed by atoms with van der Waals surface area (Å²) in [5, 5.41) is 0. The molecule has 6 heteroatoms. The Morgan fingerprint density at radius 1 is 1.10 bits per heavy atom. The Morgan fingerprint density at radius 2 is 1.76 bits per heavy atom. The van der Waals surface area contributed by atoms with Crippen LogP contribution in [0, 0.1) is 5.82 Å². The highest BCUT2D eigenvalue weighted by atomic mass is 19.4. The van der Waals surface area contributed by atoms with E-state index in [-0.39, 0.29) is 17.8 Å². The summed E-state index contributed by atoms with van der Waals surface area (Å²) in [4.78, 5) is 1.48. The monoisotopic (exact) mass is 298 g/mol. The van der Waals surface area contributed by atoms with Crippen LogP contribution in [0.3, 0.4) is 0 Å². The number of nitrogens with zero attached hydrogens (tertiary/aromatic N) is 1. The highest BCUT2D eigenvalue weighted by Crippen LogP contribution is 2.35. The zero-order valence-electron chi connectivity index (χ0n) is 11.3. The predicted octanol–water partition coefficient (Wildman–Crippen LogP) is 4.07. The molecule has 0 amide bonds. The average molecular weight is 298 g/mol. The minimum atomic E-state index is -4.45. The van der Waals surface area contributed by atoms with Crippen LogP contribution < -0.4 is 10.6 Å². The largest absolute Gasteiger partial charge is 0.416 e. The van der Waals surface area contributed by atoms with Crippen LogP contribution in [0.1, 0.15) is 11.1 Å². The number of halogens is 4. The smallest absolute Gasteiger partial charge is 0.342 e. The van der Waals surface area contributed by atoms with Crippen molar-refractivity contribution in [1.82, 2.24) is 0 Å². The molecule has 0 heterocycles. The second-order valence-electron chi connectivity index (χ2n) is 4.55. The lowest BCUT2D eigenvalue weighted by Gasteiger charge is -2.22. The molecule has 0 fully saturated rings. The molecular weight excluding hydrogens is 284 g/mol. The van der Waals surface area contributed by atoms with E-state index in [9.17, 15) is 17.6 Å². The van der Waals surface area contributed by atoms with Crippen LogP contribution in [-0.4, -0.2) is 7.05 Å².